The van der Waals surface area contributed by atoms with Gasteiger partial charge in [-0.3, -0.25) is 4.79 Å². The SMILES string of the molecule is COc1cc2c(c(O)c1O)CC(=O)C=C2c1ccccc1. The van der Waals surface area contributed by atoms with Crippen LogP contribution >= 0.6 is 0 Å². The molecule has 0 radical (unpaired) electrons. The third-order valence-electron chi connectivity index (χ3n) is 3.60. The van der Waals surface area contributed by atoms with Crippen LogP contribution in [0.5, 0.6) is 17.2 Å². The molecular weight excluding hydrogens is 268 g/mol. The minimum Gasteiger partial charge on any atom is -0.504 e. The molecule has 1 aliphatic carbocycles. The van der Waals surface area contributed by atoms with Crippen molar-refractivity contribution < 1.29 is 19.7 Å². The number of allylic oxidation sites excluding steroid dienone is 1. The molecule has 1 aliphatic rings. The van der Waals surface area contributed by atoms with Crippen LogP contribution in [0, 0.1) is 0 Å². The third kappa shape index (κ3) is 2.14. The van der Waals surface area contributed by atoms with Gasteiger partial charge in [-0.2, -0.15) is 0 Å². The fourth-order valence-corrected chi connectivity index (χ4v) is 2.57. The fraction of sp³-hybridized carbons (Fsp3) is 0.118. The summed E-state index contributed by atoms with van der Waals surface area (Å²) in [4.78, 5) is 11.9. The van der Waals surface area contributed by atoms with Crippen molar-refractivity contribution in [2.45, 2.75) is 6.42 Å². The standard InChI is InChI=1S/C17H14O4/c1-21-15-9-13-12(10-5-3-2-4-6-10)7-11(18)8-14(13)16(19)17(15)20/h2-7,9,19-20H,8H2,1H3. The highest BCUT2D eigenvalue weighted by Crippen LogP contribution is 2.45. The number of ether oxygens (including phenoxy) is 1. The number of hydrogen-bond donors (Lipinski definition) is 2. The maximum absolute atomic E-state index is 11.9. The van der Waals surface area contributed by atoms with E-state index in [9.17, 15) is 15.0 Å². The second-order valence-corrected chi connectivity index (χ2v) is 4.87. The number of methoxy groups -OCH3 is 1. The molecule has 0 aromatic heterocycles. The summed E-state index contributed by atoms with van der Waals surface area (Å²) < 4.78 is 5.08. The van der Waals surface area contributed by atoms with E-state index in [1.165, 1.54) is 7.11 Å². The Labute approximate surface area is 121 Å². The van der Waals surface area contributed by atoms with Gasteiger partial charge in [0.1, 0.15) is 0 Å². The van der Waals surface area contributed by atoms with Gasteiger partial charge in [0.05, 0.1) is 7.11 Å². The number of aromatic hydroxyl groups is 2. The van der Waals surface area contributed by atoms with Crippen molar-refractivity contribution in [3.8, 4) is 17.2 Å². The highest BCUT2D eigenvalue weighted by atomic mass is 16.5. The maximum atomic E-state index is 11.9. The Kier molecular flexibility index (Phi) is 3.14. The lowest BCUT2D eigenvalue weighted by Gasteiger charge is -2.20. The van der Waals surface area contributed by atoms with E-state index >= 15 is 0 Å². The van der Waals surface area contributed by atoms with Gasteiger partial charge >= 0.3 is 0 Å². The summed E-state index contributed by atoms with van der Waals surface area (Å²) in [6.45, 7) is 0. The average Bonchev–Trinajstić information content (AvgIpc) is 2.51. The molecule has 3 rings (SSSR count). The van der Waals surface area contributed by atoms with Gasteiger partial charge in [0, 0.05) is 12.0 Å². The first kappa shape index (κ1) is 13.2. The topological polar surface area (TPSA) is 66.8 Å². The first-order valence-corrected chi connectivity index (χ1v) is 6.54. The molecule has 0 spiro atoms. The van der Waals surface area contributed by atoms with Crippen molar-refractivity contribution >= 4 is 11.4 Å². The van der Waals surface area contributed by atoms with E-state index in [0.29, 0.717) is 11.1 Å². The Hall–Kier alpha value is -2.75. The second kappa shape index (κ2) is 4.98. The summed E-state index contributed by atoms with van der Waals surface area (Å²) in [6, 6.07) is 11.1. The number of benzene rings is 2. The molecule has 4 heteroatoms. The van der Waals surface area contributed by atoms with E-state index in [-0.39, 0.29) is 29.5 Å². The van der Waals surface area contributed by atoms with Crippen LogP contribution in [0.1, 0.15) is 16.7 Å². The lowest BCUT2D eigenvalue weighted by Crippen LogP contribution is -2.10. The molecule has 2 aromatic rings. The molecule has 2 N–H and O–H groups in total. The summed E-state index contributed by atoms with van der Waals surface area (Å²) in [5, 5.41) is 20.0. The molecule has 0 aliphatic heterocycles. The van der Waals surface area contributed by atoms with Gasteiger partial charge in [0.2, 0.25) is 5.75 Å². The minimum atomic E-state index is -0.335. The van der Waals surface area contributed by atoms with Gasteiger partial charge in [-0.15, -0.1) is 0 Å². The Morgan fingerprint density at radius 1 is 1.10 bits per heavy atom. The van der Waals surface area contributed by atoms with Gasteiger partial charge < -0.3 is 14.9 Å². The number of fused-ring (bicyclic) bond motifs is 1. The number of phenolic OH excluding ortho intramolecular Hbond substituents is 2. The summed E-state index contributed by atoms with van der Waals surface area (Å²) in [5.41, 5.74) is 2.72. The zero-order chi connectivity index (χ0) is 15.0. The van der Waals surface area contributed by atoms with E-state index in [4.69, 9.17) is 4.74 Å². The molecule has 0 fully saturated rings. The highest BCUT2D eigenvalue weighted by Gasteiger charge is 2.25. The molecule has 0 amide bonds. The maximum Gasteiger partial charge on any atom is 0.200 e. The third-order valence-corrected chi connectivity index (χ3v) is 3.60. The predicted octanol–water partition coefficient (Wildman–Crippen LogP) is 2.66. The first-order valence-electron chi connectivity index (χ1n) is 6.54. The van der Waals surface area contributed by atoms with Crippen LogP contribution in [0.4, 0.5) is 0 Å². The smallest absolute Gasteiger partial charge is 0.200 e. The van der Waals surface area contributed by atoms with Crippen molar-refractivity contribution in [1.29, 1.82) is 0 Å². The van der Waals surface area contributed by atoms with Crippen LogP contribution in [-0.2, 0) is 11.2 Å². The van der Waals surface area contributed by atoms with Gasteiger partial charge in [-0.1, -0.05) is 30.3 Å². The van der Waals surface area contributed by atoms with Crippen molar-refractivity contribution in [2.24, 2.45) is 0 Å². The number of rotatable bonds is 2. The number of phenols is 2. The summed E-state index contributed by atoms with van der Waals surface area (Å²) in [7, 11) is 1.42. The van der Waals surface area contributed by atoms with Crippen LogP contribution in [0.2, 0.25) is 0 Å². The molecule has 0 saturated heterocycles. The Bertz CT molecular complexity index is 745. The quantitative estimate of drug-likeness (QED) is 0.831. The molecule has 21 heavy (non-hydrogen) atoms. The molecule has 106 valence electrons. The summed E-state index contributed by atoms with van der Waals surface area (Å²) >= 11 is 0. The number of carbonyl (C=O) groups is 1. The van der Waals surface area contributed by atoms with Crippen LogP contribution in [0.3, 0.4) is 0 Å². The molecule has 0 heterocycles. The van der Waals surface area contributed by atoms with Gasteiger partial charge in [-0.05, 0) is 28.8 Å². The number of carbonyl (C=O) groups excluding carboxylic acids is 1. The van der Waals surface area contributed by atoms with Crippen LogP contribution in [0.25, 0.3) is 5.57 Å². The summed E-state index contributed by atoms with van der Waals surface area (Å²) in [5.74, 6) is -0.554. The van der Waals surface area contributed by atoms with E-state index in [0.717, 1.165) is 11.1 Å². The van der Waals surface area contributed by atoms with Crippen LogP contribution < -0.4 is 4.74 Å². The lowest BCUT2D eigenvalue weighted by molar-refractivity contribution is -0.114. The molecule has 0 atom stereocenters. The van der Waals surface area contributed by atoms with E-state index < -0.39 is 0 Å². The largest absolute Gasteiger partial charge is 0.504 e. The predicted molar refractivity (Wildman–Crippen MR) is 78.6 cm³/mol. The van der Waals surface area contributed by atoms with Crippen molar-refractivity contribution in [2.75, 3.05) is 7.11 Å². The first-order chi connectivity index (χ1) is 10.1. The Morgan fingerprint density at radius 2 is 1.81 bits per heavy atom. The minimum absolute atomic E-state index is 0.0645. The van der Waals surface area contributed by atoms with Gasteiger partial charge in [0.25, 0.3) is 0 Å². The molecule has 4 nitrogen and oxygen atoms in total. The normalized spacial score (nSPS) is 13.6. The van der Waals surface area contributed by atoms with Crippen molar-refractivity contribution in [1.82, 2.24) is 0 Å². The monoisotopic (exact) mass is 282 g/mol. The van der Waals surface area contributed by atoms with Crippen LogP contribution in [-0.4, -0.2) is 23.1 Å². The second-order valence-electron chi connectivity index (χ2n) is 4.87. The van der Waals surface area contributed by atoms with Crippen molar-refractivity contribution in [3.63, 3.8) is 0 Å². The number of ketones is 1. The van der Waals surface area contributed by atoms with E-state index in [1.54, 1.807) is 12.1 Å². The lowest BCUT2D eigenvalue weighted by atomic mass is 9.85. The molecular formula is C17H14O4. The average molecular weight is 282 g/mol. The molecule has 0 unspecified atom stereocenters. The van der Waals surface area contributed by atoms with Crippen molar-refractivity contribution in [3.05, 3.63) is 59.2 Å². The molecule has 0 saturated carbocycles. The Morgan fingerprint density at radius 3 is 2.48 bits per heavy atom. The number of hydrogen-bond acceptors (Lipinski definition) is 4. The van der Waals surface area contributed by atoms with E-state index in [2.05, 4.69) is 0 Å². The van der Waals surface area contributed by atoms with Crippen LogP contribution in [0.15, 0.2) is 42.5 Å². The molecule has 2 aromatic carbocycles. The highest BCUT2D eigenvalue weighted by molar-refractivity contribution is 6.06. The zero-order valence-corrected chi connectivity index (χ0v) is 11.5. The van der Waals surface area contributed by atoms with Gasteiger partial charge in [0.15, 0.2) is 17.3 Å². The zero-order valence-electron chi connectivity index (χ0n) is 11.5. The molecule has 0 bridgehead atoms. The Balaban J connectivity index is 2.27. The van der Waals surface area contributed by atoms with Gasteiger partial charge in [-0.25, -0.2) is 0 Å². The summed E-state index contributed by atoms with van der Waals surface area (Å²) in [6.07, 6.45) is 1.63. The van der Waals surface area contributed by atoms with E-state index in [1.807, 2.05) is 30.3 Å². The fourth-order valence-electron chi connectivity index (χ4n) is 2.57.